The average molecular weight is 351 g/mol. The largest absolute Gasteiger partial charge is 0.491 e. The first kappa shape index (κ1) is 15.9. The molecule has 1 aromatic heterocycles. The van der Waals surface area contributed by atoms with E-state index in [-0.39, 0.29) is 6.61 Å². The zero-order valence-corrected chi connectivity index (χ0v) is 13.5. The van der Waals surface area contributed by atoms with Gasteiger partial charge in [0.2, 0.25) is 0 Å². The molecule has 0 fully saturated rings. The molecule has 112 valence electrons. The molecule has 2 aromatic rings. The molecule has 1 unspecified atom stereocenters. The fraction of sp³-hybridized carbons (Fsp3) is 0.312. The molecule has 0 radical (unpaired) electrons. The Balaban J connectivity index is 1.69. The summed E-state index contributed by atoms with van der Waals surface area (Å²) in [5.74, 6) is 0.752. The monoisotopic (exact) mass is 350 g/mol. The Morgan fingerprint density at radius 1 is 1.29 bits per heavy atom. The van der Waals surface area contributed by atoms with Crippen LogP contribution in [0.2, 0.25) is 0 Å². The van der Waals surface area contributed by atoms with Gasteiger partial charge in [-0.2, -0.15) is 0 Å². The lowest BCUT2D eigenvalue weighted by Crippen LogP contribution is -2.31. The van der Waals surface area contributed by atoms with E-state index in [0.717, 1.165) is 15.8 Å². The SMILES string of the molecule is Cc1cnccc1CNCC(O)COc1ccc(Br)cc1. The molecule has 2 N–H and O–H groups in total. The number of aromatic nitrogens is 1. The van der Waals surface area contributed by atoms with Crippen LogP contribution in [-0.2, 0) is 6.54 Å². The van der Waals surface area contributed by atoms with E-state index in [2.05, 4.69) is 26.2 Å². The summed E-state index contributed by atoms with van der Waals surface area (Å²) in [6.45, 7) is 3.49. The lowest BCUT2D eigenvalue weighted by Gasteiger charge is -2.14. The quantitative estimate of drug-likeness (QED) is 0.805. The van der Waals surface area contributed by atoms with Gasteiger partial charge in [-0.1, -0.05) is 15.9 Å². The topological polar surface area (TPSA) is 54.4 Å². The Labute approximate surface area is 133 Å². The van der Waals surface area contributed by atoms with Crippen molar-refractivity contribution in [2.45, 2.75) is 19.6 Å². The minimum atomic E-state index is -0.546. The van der Waals surface area contributed by atoms with Crippen molar-refractivity contribution in [1.29, 1.82) is 0 Å². The highest BCUT2D eigenvalue weighted by Crippen LogP contribution is 2.16. The van der Waals surface area contributed by atoms with Gasteiger partial charge in [0.15, 0.2) is 0 Å². The first-order valence-electron chi connectivity index (χ1n) is 6.82. The molecule has 0 saturated carbocycles. The number of pyridine rings is 1. The van der Waals surface area contributed by atoms with Crippen LogP contribution in [0.4, 0.5) is 0 Å². The lowest BCUT2D eigenvalue weighted by molar-refractivity contribution is 0.106. The molecular weight excluding hydrogens is 332 g/mol. The van der Waals surface area contributed by atoms with Crippen LogP contribution in [0.3, 0.4) is 0 Å². The van der Waals surface area contributed by atoms with Gasteiger partial charge in [0.1, 0.15) is 18.5 Å². The van der Waals surface area contributed by atoms with E-state index in [1.807, 2.05) is 43.5 Å². The van der Waals surface area contributed by atoms with Crippen molar-refractivity contribution in [3.63, 3.8) is 0 Å². The van der Waals surface area contributed by atoms with Crippen molar-refractivity contribution < 1.29 is 9.84 Å². The van der Waals surface area contributed by atoms with Crippen molar-refractivity contribution in [3.05, 3.63) is 58.3 Å². The first-order valence-corrected chi connectivity index (χ1v) is 7.61. The molecule has 5 heteroatoms. The summed E-state index contributed by atoms with van der Waals surface area (Å²) in [7, 11) is 0. The first-order chi connectivity index (χ1) is 10.1. The van der Waals surface area contributed by atoms with Crippen LogP contribution in [-0.4, -0.2) is 29.3 Å². The van der Waals surface area contributed by atoms with Gasteiger partial charge in [0.25, 0.3) is 0 Å². The number of aliphatic hydroxyl groups is 1. The maximum atomic E-state index is 9.90. The van der Waals surface area contributed by atoms with Crippen molar-refractivity contribution in [3.8, 4) is 5.75 Å². The summed E-state index contributed by atoms with van der Waals surface area (Å²) in [5, 5.41) is 13.1. The highest BCUT2D eigenvalue weighted by molar-refractivity contribution is 9.10. The standard InChI is InChI=1S/C16H19BrN2O2/c1-12-8-18-7-6-13(12)9-19-10-15(20)11-21-16-4-2-14(17)3-5-16/h2-8,15,19-20H,9-11H2,1H3. The second kappa shape index (κ2) is 8.12. The summed E-state index contributed by atoms with van der Waals surface area (Å²) in [4.78, 5) is 4.06. The third kappa shape index (κ3) is 5.46. The minimum Gasteiger partial charge on any atom is -0.491 e. The van der Waals surface area contributed by atoms with E-state index in [0.29, 0.717) is 13.1 Å². The number of hydrogen-bond acceptors (Lipinski definition) is 4. The van der Waals surface area contributed by atoms with Crippen LogP contribution in [0.1, 0.15) is 11.1 Å². The molecule has 0 aliphatic rings. The smallest absolute Gasteiger partial charge is 0.119 e. The second-order valence-electron chi connectivity index (χ2n) is 4.85. The van der Waals surface area contributed by atoms with E-state index >= 15 is 0 Å². The predicted molar refractivity (Wildman–Crippen MR) is 86.3 cm³/mol. The van der Waals surface area contributed by atoms with E-state index in [9.17, 15) is 5.11 Å². The second-order valence-corrected chi connectivity index (χ2v) is 5.77. The molecule has 1 aromatic carbocycles. The van der Waals surface area contributed by atoms with E-state index in [4.69, 9.17) is 4.74 Å². The number of aliphatic hydroxyl groups excluding tert-OH is 1. The Bertz CT molecular complexity index is 560. The van der Waals surface area contributed by atoms with Gasteiger partial charge in [-0.25, -0.2) is 0 Å². The minimum absolute atomic E-state index is 0.268. The third-order valence-corrected chi connectivity index (χ3v) is 3.62. The summed E-state index contributed by atoms with van der Waals surface area (Å²) >= 11 is 3.37. The molecule has 0 aliphatic heterocycles. The van der Waals surface area contributed by atoms with Gasteiger partial charge in [0, 0.05) is 30.0 Å². The molecule has 1 heterocycles. The summed E-state index contributed by atoms with van der Waals surface area (Å²) in [5.41, 5.74) is 2.33. The summed E-state index contributed by atoms with van der Waals surface area (Å²) in [6, 6.07) is 9.53. The van der Waals surface area contributed by atoms with Gasteiger partial charge in [-0.3, -0.25) is 4.98 Å². The van der Waals surface area contributed by atoms with Gasteiger partial charge in [0.05, 0.1) is 0 Å². The molecule has 0 bridgehead atoms. The third-order valence-electron chi connectivity index (χ3n) is 3.09. The Morgan fingerprint density at radius 3 is 2.76 bits per heavy atom. The van der Waals surface area contributed by atoms with Crippen molar-refractivity contribution in [1.82, 2.24) is 10.3 Å². The highest BCUT2D eigenvalue weighted by Gasteiger charge is 2.05. The number of ether oxygens (including phenoxy) is 1. The van der Waals surface area contributed by atoms with Crippen LogP contribution >= 0.6 is 15.9 Å². The molecule has 21 heavy (non-hydrogen) atoms. The fourth-order valence-corrected chi connectivity index (χ4v) is 2.12. The number of hydrogen-bond donors (Lipinski definition) is 2. The number of benzene rings is 1. The van der Waals surface area contributed by atoms with Crippen LogP contribution in [0, 0.1) is 6.92 Å². The summed E-state index contributed by atoms with van der Waals surface area (Å²) in [6.07, 6.45) is 3.07. The van der Waals surface area contributed by atoms with Crippen LogP contribution < -0.4 is 10.1 Å². The van der Waals surface area contributed by atoms with Crippen LogP contribution in [0.15, 0.2) is 47.2 Å². The van der Waals surface area contributed by atoms with Crippen LogP contribution in [0.5, 0.6) is 5.75 Å². The van der Waals surface area contributed by atoms with Crippen molar-refractivity contribution >= 4 is 15.9 Å². The fourth-order valence-electron chi connectivity index (χ4n) is 1.86. The lowest BCUT2D eigenvalue weighted by atomic mass is 10.1. The van der Waals surface area contributed by atoms with E-state index in [1.165, 1.54) is 5.56 Å². The summed E-state index contributed by atoms with van der Waals surface area (Å²) < 4.78 is 6.53. The Kier molecular flexibility index (Phi) is 6.17. The number of rotatable bonds is 7. The number of nitrogens with zero attached hydrogens (tertiary/aromatic N) is 1. The zero-order chi connectivity index (χ0) is 15.1. The number of nitrogens with one attached hydrogen (secondary N) is 1. The molecule has 0 amide bonds. The molecule has 4 nitrogen and oxygen atoms in total. The maximum absolute atomic E-state index is 9.90. The molecule has 0 spiro atoms. The number of aryl methyl sites for hydroxylation is 1. The Hall–Kier alpha value is -1.43. The van der Waals surface area contributed by atoms with Gasteiger partial charge in [-0.15, -0.1) is 0 Å². The normalized spacial score (nSPS) is 12.1. The van der Waals surface area contributed by atoms with E-state index in [1.54, 1.807) is 6.20 Å². The predicted octanol–water partition coefficient (Wildman–Crippen LogP) is 2.68. The van der Waals surface area contributed by atoms with Gasteiger partial charge < -0.3 is 15.2 Å². The molecule has 0 aliphatic carbocycles. The molecule has 0 saturated heterocycles. The molecular formula is C16H19BrN2O2. The molecule has 2 rings (SSSR count). The highest BCUT2D eigenvalue weighted by atomic mass is 79.9. The zero-order valence-electron chi connectivity index (χ0n) is 11.9. The molecule has 1 atom stereocenters. The van der Waals surface area contributed by atoms with Crippen LogP contribution in [0.25, 0.3) is 0 Å². The Morgan fingerprint density at radius 2 is 2.05 bits per heavy atom. The van der Waals surface area contributed by atoms with Gasteiger partial charge >= 0.3 is 0 Å². The average Bonchev–Trinajstić information content (AvgIpc) is 2.49. The maximum Gasteiger partial charge on any atom is 0.119 e. The van der Waals surface area contributed by atoms with Crippen molar-refractivity contribution in [2.75, 3.05) is 13.2 Å². The van der Waals surface area contributed by atoms with Gasteiger partial charge in [-0.05, 0) is 48.4 Å². The van der Waals surface area contributed by atoms with E-state index < -0.39 is 6.10 Å². The van der Waals surface area contributed by atoms with Crippen molar-refractivity contribution in [2.24, 2.45) is 0 Å². The number of halogens is 1.